The lowest BCUT2D eigenvalue weighted by atomic mass is 10.0. The van der Waals surface area contributed by atoms with Crippen LogP contribution in [0.1, 0.15) is 40.7 Å². The van der Waals surface area contributed by atoms with Gasteiger partial charge >= 0.3 is 0 Å². The van der Waals surface area contributed by atoms with E-state index < -0.39 is 10.8 Å². The first-order chi connectivity index (χ1) is 12.4. The van der Waals surface area contributed by atoms with E-state index in [4.69, 9.17) is 0 Å². The van der Waals surface area contributed by atoms with Gasteiger partial charge in [-0.3, -0.25) is 9.59 Å². The smallest absolute Gasteiger partial charge is 0.256 e. The van der Waals surface area contributed by atoms with Crippen molar-refractivity contribution in [3.8, 4) is 0 Å². The summed E-state index contributed by atoms with van der Waals surface area (Å²) in [5.74, 6) is -0.585. The highest BCUT2D eigenvalue weighted by Gasteiger charge is 2.57. The van der Waals surface area contributed by atoms with Crippen LogP contribution in [0.4, 0.5) is 4.39 Å². The molecule has 4 nitrogen and oxygen atoms in total. The predicted molar refractivity (Wildman–Crippen MR) is 99.1 cm³/mol. The second kappa shape index (κ2) is 6.13. The van der Waals surface area contributed by atoms with Gasteiger partial charge < -0.3 is 10.2 Å². The highest BCUT2D eigenvalue weighted by atomic mass is 32.2. The van der Waals surface area contributed by atoms with Crippen molar-refractivity contribution in [1.82, 2.24) is 10.2 Å². The van der Waals surface area contributed by atoms with Gasteiger partial charge in [-0.1, -0.05) is 30.3 Å². The molecule has 0 aliphatic carbocycles. The van der Waals surface area contributed by atoms with Crippen molar-refractivity contribution in [2.45, 2.75) is 36.6 Å². The number of benzene rings is 2. The van der Waals surface area contributed by atoms with Crippen molar-refractivity contribution in [2.75, 3.05) is 0 Å². The fourth-order valence-electron chi connectivity index (χ4n) is 3.69. The molecule has 0 saturated carbocycles. The van der Waals surface area contributed by atoms with Gasteiger partial charge in [-0.15, -0.1) is 11.8 Å². The average Bonchev–Trinajstić information content (AvgIpc) is 3.04. The van der Waals surface area contributed by atoms with Crippen molar-refractivity contribution < 1.29 is 14.0 Å². The first kappa shape index (κ1) is 17.1. The molecule has 0 spiro atoms. The third kappa shape index (κ3) is 2.69. The first-order valence-electron chi connectivity index (χ1n) is 8.50. The molecule has 2 aromatic rings. The van der Waals surface area contributed by atoms with E-state index in [2.05, 4.69) is 5.32 Å². The molecule has 0 unspecified atom stereocenters. The molecule has 1 saturated heterocycles. The Kier molecular flexibility index (Phi) is 4.03. The number of carbonyl (C=O) groups excluding carboxylic acids is 2. The van der Waals surface area contributed by atoms with Crippen molar-refractivity contribution in [3.05, 3.63) is 71.0 Å². The molecule has 2 aliphatic rings. The second-order valence-electron chi connectivity index (χ2n) is 7.12. The fraction of sp³-hybridized carbons (Fsp3) is 0.300. The summed E-state index contributed by atoms with van der Waals surface area (Å²) in [4.78, 5) is 27.5. The van der Waals surface area contributed by atoms with Gasteiger partial charge in [0.1, 0.15) is 17.2 Å². The summed E-state index contributed by atoms with van der Waals surface area (Å²) in [5.41, 5.74) is 2.47. The van der Waals surface area contributed by atoms with Crippen LogP contribution in [-0.2, 0) is 11.3 Å². The molecule has 2 aromatic carbocycles. The standard InChI is InChI=1S/C20H19FN2O2S/c1-20(2)16(17(24)22-11-12-7-9-13(21)10-8-12)23-18(25)14-5-3-4-6-15(14)19(23)26-20/h3-10,16,19H,11H2,1-2H3,(H,22,24)/t16-,19-/m1/s1. The van der Waals surface area contributed by atoms with Crippen LogP contribution in [0.2, 0.25) is 0 Å². The molecule has 26 heavy (non-hydrogen) atoms. The number of fused-ring (bicyclic) bond motifs is 3. The summed E-state index contributed by atoms with van der Waals surface area (Å²) in [6.07, 6.45) is 0. The summed E-state index contributed by atoms with van der Waals surface area (Å²) < 4.78 is 12.6. The quantitative estimate of drug-likeness (QED) is 0.900. The zero-order chi connectivity index (χ0) is 18.5. The lowest BCUT2D eigenvalue weighted by Crippen LogP contribution is -2.52. The lowest BCUT2D eigenvalue weighted by Gasteiger charge is -2.29. The lowest BCUT2D eigenvalue weighted by molar-refractivity contribution is -0.126. The maximum absolute atomic E-state index is 13.0. The number of nitrogens with one attached hydrogen (secondary N) is 1. The molecule has 4 rings (SSSR count). The Balaban J connectivity index is 1.56. The number of hydrogen-bond acceptors (Lipinski definition) is 3. The van der Waals surface area contributed by atoms with E-state index in [9.17, 15) is 14.0 Å². The molecule has 2 atom stereocenters. The van der Waals surface area contributed by atoms with E-state index in [-0.39, 0.29) is 23.0 Å². The third-order valence-corrected chi connectivity index (χ3v) is 6.46. The number of halogens is 1. The largest absolute Gasteiger partial charge is 0.350 e. The van der Waals surface area contributed by atoms with Gasteiger partial charge in [0.25, 0.3) is 5.91 Å². The maximum atomic E-state index is 13.0. The Morgan fingerprint density at radius 1 is 1.19 bits per heavy atom. The third-order valence-electron chi connectivity index (χ3n) is 4.92. The van der Waals surface area contributed by atoms with Crippen molar-refractivity contribution in [3.63, 3.8) is 0 Å². The number of amides is 2. The zero-order valence-electron chi connectivity index (χ0n) is 14.5. The summed E-state index contributed by atoms with van der Waals surface area (Å²) in [6.45, 7) is 4.29. The van der Waals surface area contributed by atoms with Crippen LogP contribution < -0.4 is 5.32 Å². The van der Waals surface area contributed by atoms with Gasteiger partial charge in [-0.2, -0.15) is 0 Å². The summed E-state index contributed by atoms with van der Waals surface area (Å²) in [5, 5.41) is 2.78. The number of rotatable bonds is 3. The molecule has 6 heteroatoms. The average molecular weight is 370 g/mol. The summed E-state index contributed by atoms with van der Waals surface area (Å²) in [7, 11) is 0. The highest BCUT2D eigenvalue weighted by Crippen LogP contribution is 2.56. The molecule has 134 valence electrons. The van der Waals surface area contributed by atoms with E-state index in [1.54, 1.807) is 28.8 Å². The summed E-state index contributed by atoms with van der Waals surface area (Å²) in [6, 6.07) is 13.0. The summed E-state index contributed by atoms with van der Waals surface area (Å²) >= 11 is 1.64. The molecule has 1 fully saturated rings. The molecule has 0 bridgehead atoms. The highest BCUT2D eigenvalue weighted by molar-refractivity contribution is 8.01. The van der Waals surface area contributed by atoms with Crippen molar-refractivity contribution in [2.24, 2.45) is 0 Å². The van der Waals surface area contributed by atoms with Crippen molar-refractivity contribution >= 4 is 23.6 Å². The van der Waals surface area contributed by atoms with Gasteiger partial charge in [0, 0.05) is 16.9 Å². The van der Waals surface area contributed by atoms with Crippen LogP contribution in [0, 0.1) is 5.82 Å². The van der Waals surface area contributed by atoms with E-state index in [0.29, 0.717) is 12.1 Å². The molecule has 2 heterocycles. The number of nitrogens with zero attached hydrogens (tertiary/aromatic N) is 1. The van der Waals surface area contributed by atoms with E-state index in [1.807, 2.05) is 38.1 Å². The SMILES string of the molecule is CC1(C)S[C@@H]2c3ccccc3C(=O)N2[C@@H]1C(=O)NCc1ccc(F)cc1. The van der Waals surface area contributed by atoms with Gasteiger partial charge in [-0.05, 0) is 43.2 Å². The molecule has 2 aliphatic heterocycles. The van der Waals surface area contributed by atoms with Crippen molar-refractivity contribution in [1.29, 1.82) is 0 Å². The van der Waals surface area contributed by atoms with Crippen LogP contribution in [0.15, 0.2) is 48.5 Å². The Morgan fingerprint density at radius 2 is 1.88 bits per heavy atom. The number of thioether (sulfide) groups is 1. The minimum atomic E-state index is -0.558. The Morgan fingerprint density at radius 3 is 2.62 bits per heavy atom. The Hall–Kier alpha value is -2.34. The van der Waals surface area contributed by atoms with Gasteiger partial charge in [0.15, 0.2) is 0 Å². The van der Waals surface area contributed by atoms with Crippen LogP contribution in [0.25, 0.3) is 0 Å². The minimum Gasteiger partial charge on any atom is -0.350 e. The molecular weight excluding hydrogens is 351 g/mol. The molecule has 0 aromatic heterocycles. The molecule has 2 amide bonds. The molecule has 1 N–H and O–H groups in total. The maximum Gasteiger partial charge on any atom is 0.256 e. The van der Waals surface area contributed by atoms with Crippen LogP contribution in [0.5, 0.6) is 0 Å². The van der Waals surface area contributed by atoms with Gasteiger partial charge in [0.05, 0.1) is 0 Å². The van der Waals surface area contributed by atoms with Gasteiger partial charge in [-0.25, -0.2) is 4.39 Å². The first-order valence-corrected chi connectivity index (χ1v) is 9.38. The van der Waals surface area contributed by atoms with E-state index in [0.717, 1.165) is 11.1 Å². The molecule has 0 radical (unpaired) electrons. The Labute approximate surface area is 155 Å². The molecular formula is C20H19FN2O2S. The minimum absolute atomic E-state index is 0.0920. The fourth-order valence-corrected chi connectivity index (χ4v) is 5.28. The number of hydrogen-bond donors (Lipinski definition) is 1. The van der Waals surface area contributed by atoms with Crippen LogP contribution >= 0.6 is 11.8 Å². The predicted octanol–water partition coefficient (Wildman–Crippen LogP) is 3.49. The second-order valence-corrected chi connectivity index (χ2v) is 8.85. The Bertz CT molecular complexity index is 882. The van der Waals surface area contributed by atoms with Crippen LogP contribution in [-0.4, -0.2) is 27.5 Å². The zero-order valence-corrected chi connectivity index (χ0v) is 15.3. The van der Waals surface area contributed by atoms with E-state index in [1.165, 1.54) is 12.1 Å². The van der Waals surface area contributed by atoms with Gasteiger partial charge in [0.2, 0.25) is 5.91 Å². The topological polar surface area (TPSA) is 49.4 Å². The normalized spacial score (nSPS) is 22.9. The number of carbonyl (C=O) groups is 2. The monoisotopic (exact) mass is 370 g/mol. The van der Waals surface area contributed by atoms with E-state index >= 15 is 0 Å². The van der Waals surface area contributed by atoms with Crippen LogP contribution in [0.3, 0.4) is 0 Å².